The Morgan fingerprint density at radius 3 is 2.43 bits per heavy atom. The van der Waals surface area contributed by atoms with Crippen LogP contribution >= 0.6 is 11.8 Å². The number of nitrogens with one attached hydrogen (secondary N) is 1. The van der Waals surface area contributed by atoms with E-state index in [-0.39, 0.29) is 0 Å². The van der Waals surface area contributed by atoms with Crippen molar-refractivity contribution in [1.82, 2.24) is 5.32 Å². The van der Waals surface area contributed by atoms with Gasteiger partial charge in [-0.1, -0.05) is 30.3 Å². The zero-order chi connectivity index (χ0) is 15.3. The van der Waals surface area contributed by atoms with Crippen molar-refractivity contribution in [3.05, 3.63) is 35.9 Å². The molecular weight excluding hydrogens is 290 g/mol. The second-order valence-electron chi connectivity index (χ2n) is 5.02. The number of methoxy groups -OCH3 is 1. The molecule has 0 unspecified atom stereocenters. The molecule has 5 nitrogen and oxygen atoms in total. The molecule has 1 aromatic rings. The molecule has 6 heteroatoms. The second kappa shape index (κ2) is 6.95. The molecule has 1 saturated heterocycles. The third-order valence-electron chi connectivity index (χ3n) is 3.69. The van der Waals surface area contributed by atoms with Crippen LogP contribution in [0.5, 0.6) is 0 Å². The van der Waals surface area contributed by atoms with E-state index in [1.165, 1.54) is 7.11 Å². The predicted molar refractivity (Wildman–Crippen MR) is 81.3 cm³/mol. The monoisotopic (exact) mass is 309 g/mol. The van der Waals surface area contributed by atoms with E-state index in [1.807, 2.05) is 18.2 Å². The van der Waals surface area contributed by atoms with Crippen molar-refractivity contribution in [3.63, 3.8) is 0 Å². The number of carboxylic acids is 1. The Hall–Kier alpha value is -1.53. The van der Waals surface area contributed by atoms with Gasteiger partial charge in [0.05, 0.1) is 0 Å². The molecule has 114 valence electrons. The number of amides is 1. The Kier molecular flexibility index (Phi) is 5.25. The van der Waals surface area contributed by atoms with Crippen LogP contribution in [0.15, 0.2) is 30.3 Å². The van der Waals surface area contributed by atoms with Gasteiger partial charge in [-0.05, 0) is 29.9 Å². The van der Waals surface area contributed by atoms with Crippen molar-refractivity contribution in [3.8, 4) is 0 Å². The van der Waals surface area contributed by atoms with Crippen molar-refractivity contribution >= 4 is 23.6 Å². The first-order valence-corrected chi connectivity index (χ1v) is 7.95. The maximum atomic E-state index is 12.4. The summed E-state index contributed by atoms with van der Waals surface area (Å²) in [5.74, 6) is 0.0857. The molecular formula is C15H19NO4S. The van der Waals surface area contributed by atoms with Gasteiger partial charge in [-0.15, -0.1) is 0 Å². The smallest absolute Gasteiger partial charge is 0.329 e. The van der Waals surface area contributed by atoms with Crippen LogP contribution in [0.25, 0.3) is 0 Å². The number of thioether (sulfide) groups is 1. The summed E-state index contributed by atoms with van der Waals surface area (Å²) in [5, 5.41) is 12.2. The Balaban J connectivity index is 2.16. The van der Waals surface area contributed by atoms with Crippen molar-refractivity contribution in [1.29, 1.82) is 0 Å². The van der Waals surface area contributed by atoms with Crippen LogP contribution < -0.4 is 5.32 Å². The highest BCUT2D eigenvalue weighted by molar-refractivity contribution is 7.99. The van der Waals surface area contributed by atoms with Gasteiger partial charge in [0.25, 0.3) is 5.91 Å². The molecule has 0 spiro atoms. The average molecular weight is 309 g/mol. The largest absolute Gasteiger partial charge is 0.480 e. The molecule has 2 rings (SSSR count). The van der Waals surface area contributed by atoms with Crippen molar-refractivity contribution in [2.75, 3.05) is 18.6 Å². The van der Waals surface area contributed by atoms with E-state index < -0.39 is 23.5 Å². The van der Waals surface area contributed by atoms with E-state index in [2.05, 4.69) is 5.32 Å². The van der Waals surface area contributed by atoms with Crippen LogP contribution in [-0.2, 0) is 14.3 Å². The van der Waals surface area contributed by atoms with Gasteiger partial charge < -0.3 is 15.2 Å². The lowest BCUT2D eigenvalue weighted by molar-refractivity contribution is -0.150. The molecule has 2 N–H and O–H groups in total. The molecule has 1 fully saturated rings. The molecule has 1 aromatic carbocycles. The Morgan fingerprint density at radius 2 is 1.90 bits per heavy atom. The molecule has 0 bridgehead atoms. The Labute approximate surface area is 128 Å². The third kappa shape index (κ3) is 3.57. The first-order chi connectivity index (χ1) is 10.1. The number of hydrogen-bond acceptors (Lipinski definition) is 4. The van der Waals surface area contributed by atoms with Crippen LogP contribution in [-0.4, -0.2) is 41.1 Å². The Morgan fingerprint density at radius 1 is 1.29 bits per heavy atom. The maximum absolute atomic E-state index is 12.4. The minimum atomic E-state index is -1.17. The molecule has 1 heterocycles. The number of aliphatic carboxylic acids is 1. The lowest BCUT2D eigenvalue weighted by Crippen LogP contribution is -2.57. The van der Waals surface area contributed by atoms with E-state index in [0.29, 0.717) is 18.4 Å². The summed E-state index contributed by atoms with van der Waals surface area (Å²) >= 11 is 1.71. The normalized spacial score (nSPS) is 18.7. The summed E-state index contributed by atoms with van der Waals surface area (Å²) in [5.41, 5.74) is -0.461. The maximum Gasteiger partial charge on any atom is 0.329 e. The van der Waals surface area contributed by atoms with E-state index in [1.54, 1.807) is 23.9 Å². The molecule has 1 atom stereocenters. The fraction of sp³-hybridized carbons (Fsp3) is 0.467. The van der Waals surface area contributed by atoms with Gasteiger partial charge in [0.1, 0.15) is 5.54 Å². The quantitative estimate of drug-likeness (QED) is 0.868. The van der Waals surface area contributed by atoms with Crippen LogP contribution in [0.2, 0.25) is 0 Å². The number of rotatable bonds is 5. The van der Waals surface area contributed by atoms with E-state index in [9.17, 15) is 14.7 Å². The molecule has 0 saturated carbocycles. The van der Waals surface area contributed by atoms with Gasteiger partial charge in [0.15, 0.2) is 6.10 Å². The highest BCUT2D eigenvalue weighted by Crippen LogP contribution is 2.28. The first kappa shape index (κ1) is 15.9. The molecule has 0 aromatic heterocycles. The van der Waals surface area contributed by atoms with Crippen LogP contribution in [0.3, 0.4) is 0 Å². The number of carboxylic acid groups (broad SMARTS) is 1. The predicted octanol–water partition coefficient (Wildman–Crippen LogP) is 1.84. The molecule has 1 aliphatic rings. The van der Waals surface area contributed by atoms with Crippen molar-refractivity contribution in [2.24, 2.45) is 0 Å². The first-order valence-electron chi connectivity index (χ1n) is 6.80. The van der Waals surface area contributed by atoms with Gasteiger partial charge in [-0.2, -0.15) is 11.8 Å². The van der Waals surface area contributed by atoms with E-state index in [0.717, 1.165) is 11.5 Å². The zero-order valence-electron chi connectivity index (χ0n) is 11.9. The van der Waals surface area contributed by atoms with Gasteiger partial charge in [-0.3, -0.25) is 4.79 Å². The van der Waals surface area contributed by atoms with Gasteiger partial charge in [0, 0.05) is 7.11 Å². The second-order valence-corrected chi connectivity index (χ2v) is 6.24. The highest BCUT2D eigenvalue weighted by Gasteiger charge is 2.42. The topological polar surface area (TPSA) is 75.6 Å². The minimum absolute atomic E-state index is 0.405. The average Bonchev–Trinajstić information content (AvgIpc) is 2.50. The standard InChI is InChI=1S/C15H19NO4S/c1-20-12(11-5-3-2-4-6-11)13(17)16-15(14(18)19)7-9-21-10-8-15/h2-6,12H,7-10H2,1H3,(H,16,17)(H,18,19)/t12-/m1/s1. The Bertz CT molecular complexity index is 500. The number of ether oxygens (including phenoxy) is 1. The molecule has 0 aliphatic carbocycles. The zero-order valence-corrected chi connectivity index (χ0v) is 12.7. The number of hydrogen-bond donors (Lipinski definition) is 2. The number of benzene rings is 1. The fourth-order valence-electron chi connectivity index (χ4n) is 2.44. The van der Waals surface area contributed by atoms with Crippen LogP contribution in [0.4, 0.5) is 0 Å². The summed E-state index contributed by atoms with van der Waals surface area (Å²) in [6.07, 6.45) is 0.0745. The third-order valence-corrected chi connectivity index (χ3v) is 4.68. The van der Waals surface area contributed by atoms with Gasteiger partial charge in [-0.25, -0.2) is 4.79 Å². The summed E-state index contributed by atoms with van der Waals surface area (Å²) in [4.78, 5) is 24.0. The summed E-state index contributed by atoms with van der Waals surface area (Å²) in [6, 6.07) is 9.07. The lowest BCUT2D eigenvalue weighted by Gasteiger charge is -2.34. The SMILES string of the molecule is CO[C@@H](C(=O)NC1(C(=O)O)CCSCC1)c1ccccc1. The van der Waals surface area contributed by atoms with E-state index in [4.69, 9.17) is 4.74 Å². The molecule has 21 heavy (non-hydrogen) atoms. The summed E-state index contributed by atoms with van der Waals surface area (Å²) in [7, 11) is 1.45. The summed E-state index contributed by atoms with van der Waals surface area (Å²) < 4.78 is 5.25. The van der Waals surface area contributed by atoms with Crippen LogP contribution in [0, 0.1) is 0 Å². The van der Waals surface area contributed by atoms with Crippen LogP contribution in [0.1, 0.15) is 24.5 Å². The molecule has 1 amide bonds. The van der Waals surface area contributed by atoms with E-state index >= 15 is 0 Å². The van der Waals surface area contributed by atoms with Crippen molar-refractivity contribution < 1.29 is 19.4 Å². The lowest BCUT2D eigenvalue weighted by atomic mass is 9.91. The molecule has 0 radical (unpaired) electrons. The van der Waals surface area contributed by atoms with Gasteiger partial charge >= 0.3 is 5.97 Å². The fourth-order valence-corrected chi connectivity index (χ4v) is 3.63. The minimum Gasteiger partial charge on any atom is -0.480 e. The molecule has 1 aliphatic heterocycles. The highest BCUT2D eigenvalue weighted by atomic mass is 32.2. The van der Waals surface area contributed by atoms with Gasteiger partial charge in [0.2, 0.25) is 0 Å². The summed E-state index contributed by atoms with van der Waals surface area (Å²) in [6.45, 7) is 0. The number of carbonyl (C=O) groups excluding carboxylic acids is 1. The van der Waals surface area contributed by atoms with Crippen molar-refractivity contribution in [2.45, 2.75) is 24.5 Å². The number of carbonyl (C=O) groups is 2.